The van der Waals surface area contributed by atoms with Crippen molar-refractivity contribution in [3.63, 3.8) is 0 Å². The van der Waals surface area contributed by atoms with Crippen molar-refractivity contribution in [2.75, 3.05) is 26.4 Å². The lowest BCUT2D eigenvalue weighted by atomic mass is 9.99. The van der Waals surface area contributed by atoms with Gasteiger partial charge in [-0.2, -0.15) is 0 Å². The fourth-order valence-corrected chi connectivity index (χ4v) is 7.96. The zero-order chi connectivity index (χ0) is 42.9. The molecular weight excluding hydrogens is 745 g/mol. The maximum absolute atomic E-state index is 12.8. The van der Waals surface area contributed by atoms with Crippen LogP contribution < -0.4 is 0 Å². The zero-order valence-corrected chi connectivity index (χ0v) is 38.5. The number of hydrogen-bond acceptors (Lipinski definition) is 9. The Morgan fingerprint density at radius 1 is 0.525 bits per heavy atom. The van der Waals surface area contributed by atoms with Crippen LogP contribution in [0.5, 0.6) is 0 Å². The molecule has 1 fully saturated rings. The first-order valence-corrected chi connectivity index (χ1v) is 25.3. The Morgan fingerprint density at radius 3 is 1.37 bits per heavy atom. The lowest BCUT2D eigenvalue weighted by molar-refractivity contribution is -0.305. The van der Waals surface area contributed by atoms with E-state index in [0.717, 1.165) is 32.1 Å². The summed E-state index contributed by atoms with van der Waals surface area (Å²) in [5.41, 5.74) is 0. The Morgan fingerprint density at radius 2 is 0.932 bits per heavy atom. The summed E-state index contributed by atoms with van der Waals surface area (Å²) in [4.78, 5) is 12.8. The van der Waals surface area contributed by atoms with Crippen LogP contribution in [0.2, 0.25) is 0 Å². The molecule has 0 aliphatic carbocycles. The fraction of sp³-hybridized carbons (Fsp3) is 0.940. The van der Waals surface area contributed by atoms with E-state index in [0.29, 0.717) is 13.0 Å². The van der Waals surface area contributed by atoms with Crippen molar-refractivity contribution in [3.8, 4) is 0 Å². The number of carbonyl (C=O) groups excluding carboxylic acids is 1. The van der Waals surface area contributed by atoms with Gasteiger partial charge in [0.25, 0.3) is 0 Å². The van der Waals surface area contributed by atoms with E-state index in [1.807, 2.05) is 0 Å². The van der Waals surface area contributed by atoms with Gasteiger partial charge in [0, 0.05) is 13.0 Å². The van der Waals surface area contributed by atoms with E-state index < -0.39 is 43.4 Å². The standard InChI is InChI=1S/C50H96O9/c1-3-5-7-9-11-13-15-17-19-20-21-22-23-24-25-27-29-31-33-35-37-39-46(52)58-44(43-57-50-49(55)48(54)47(53)45(41-51)59-50)42-56-40-38-36-34-32-30-28-26-18-16-14-12-10-8-6-4-2/h20-21,44-45,47-51,53-55H,3-19,22-43H2,1-2H3/b21-20-. The van der Waals surface area contributed by atoms with Gasteiger partial charge < -0.3 is 39.4 Å². The molecule has 4 N–H and O–H groups in total. The molecule has 6 unspecified atom stereocenters. The Bertz CT molecular complexity index is 915. The van der Waals surface area contributed by atoms with Crippen molar-refractivity contribution in [1.29, 1.82) is 0 Å². The van der Waals surface area contributed by atoms with Gasteiger partial charge in [0.15, 0.2) is 6.29 Å². The second-order valence-corrected chi connectivity index (χ2v) is 17.6. The van der Waals surface area contributed by atoms with Crippen molar-refractivity contribution < 1.29 is 44.2 Å². The van der Waals surface area contributed by atoms with Gasteiger partial charge in [-0.3, -0.25) is 4.79 Å². The number of hydrogen-bond donors (Lipinski definition) is 4. The summed E-state index contributed by atoms with van der Waals surface area (Å²) in [6, 6.07) is 0. The molecule has 0 aromatic carbocycles. The van der Waals surface area contributed by atoms with Crippen molar-refractivity contribution >= 4 is 5.97 Å². The van der Waals surface area contributed by atoms with Gasteiger partial charge in [-0.25, -0.2) is 0 Å². The van der Waals surface area contributed by atoms with Crippen molar-refractivity contribution in [2.24, 2.45) is 0 Å². The minimum atomic E-state index is -1.53. The van der Waals surface area contributed by atoms with Gasteiger partial charge in [0.2, 0.25) is 0 Å². The molecule has 0 amide bonds. The summed E-state index contributed by atoms with van der Waals surface area (Å²) in [6.07, 6.45) is 41.0. The first-order chi connectivity index (χ1) is 28.9. The third-order valence-corrected chi connectivity index (χ3v) is 11.9. The van der Waals surface area contributed by atoms with Crippen LogP contribution >= 0.6 is 0 Å². The summed E-state index contributed by atoms with van der Waals surface area (Å²) in [5.74, 6) is -0.310. The molecule has 0 radical (unpaired) electrons. The lowest BCUT2D eigenvalue weighted by Gasteiger charge is -2.39. The normalized spacial score (nSPS) is 20.1. The molecule has 1 heterocycles. The minimum absolute atomic E-state index is 0.108. The maximum Gasteiger partial charge on any atom is 0.306 e. The highest BCUT2D eigenvalue weighted by molar-refractivity contribution is 5.69. The van der Waals surface area contributed by atoms with Crippen molar-refractivity contribution in [2.45, 2.75) is 275 Å². The molecule has 9 heteroatoms. The van der Waals surface area contributed by atoms with E-state index in [2.05, 4.69) is 26.0 Å². The number of ether oxygens (including phenoxy) is 4. The Balaban J connectivity index is 2.19. The molecule has 0 bridgehead atoms. The molecule has 0 saturated carbocycles. The molecule has 1 aliphatic rings. The highest BCUT2D eigenvalue weighted by atomic mass is 16.7. The fourth-order valence-electron chi connectivity index (χ4n) is 7.96. The number of unbranched alkanes of at least 4 members (excludes halogenated alkanes) is 31. The van der Waals surface area contributed by atoms with E-state index in [1.165, 1.54) is 186 Å². The number of carbonyl (C=O) groups is 1. The number of esters is 1. The van der Waals surface area contributed by atoms with Crippen LogP contribution in [0.25, 0.3) is 0 Å². The lowest BCUT2D eigenvalue weighted by Crippen LogP contribution is -2.59. The molecule has 0 aromatic heterocycles. The average Bonchev–Trinajstić information content (AvgIpc) is 3.24. The van der Waals surface area contributed by atoms with Gasteiger partial charge >= 0.3 is 5.97 Å². The molecule has 1 aliphatic heterocycles. The highest BCUT2D eigenvalue weighted by Crippen LogP contribution is 2.23. The molecule has 0 aromatic rings. The van der Waals surface area contributed by atoms with Crippen LogP contribution in [0.3, 0.4) is 0 Å². The second-order valence-electron chi connectivity index (χ2n) is 17.6. The van der Waals surface area contributed by atoms with E-state index in [4.69, 9.17) is 18.9 Å². The molecule has 9 nitrogen and oxygen atoms in total. The second kappa shape index (κ2) is 42.2. The smallest absolute Gasteiger partial charge is 0.306 e. The molecule has 59 heavy (non-hydrogen) atoms. The third-order valence-electron chi connectivity index (χ3n) is 11.9. The Kier molecular flexibility index (Phi) is 40.1. The minimum Gasteiger partial charge on any atom is -0.457 e. The van der Waals surface area contributed by atoms with Gasteiger partial charge in [-0.15, -0.1) is 0 Å². The van der Waals surface area contributed by atoms with E-state index in [9.17, 15) is 25.2 Å². The van der Waals surface area contributed by atoms with Gasteiger partial charge in [0.05, 0.1) is 19.8 Å². The predicted molar refractivity (Wildman–Crippen MR) is 243 cm³/mol. The first-order valence-electron chi connectivity index (χ1n) is 25.3. The van der Waals surface area contributed by atoms with Crippen LogP contribution in [-0.4, -0.2) is 89.6 Å². The number of allylic oxidation sites excluding steroid dienone is 2. The van der Waals surface area contributed by atoms with Gasteiger partial charge in [0.1, 0.15) is 30.5 Å². The summed E-state index contributed by atoms with van der Waals surface area (Å²) in [5, 5.41) is 40.2. The largest absolute Gasteiger partial charge is 0.457 e. The van der Waals surface area contributed by atoms with Crippen LogP contribution in [0.15, 0.2) is 12.2 Å². The predicted octanol–water partition coefficient (Wildman–Crippen LogP) is 12.0. The Labute approximate surface area is 363 Å². The molecule has 6 atom stereocenters. The van der Waals surface area contributed by atoms with Crippen LogP contribution in [0, 0.1) is 0 Å². The van der Waals surface area contributed by atoms with Crippen molar-refractivity contribution in [1.82, 2.24) is 0 Å². The quantitative estimate of drug-likeness (QED) is 0.0269. The number of aliphatic hydroxyl groups is 4. The van der Waals surface area contributed by atoms with Gasteiger partial charge in [-0.05, 0) is 38.5 Å². The Hall–Kier alpha value is -1.07. The highest BCUT2D eigenvalue weighted by Gasteiger charge is 2.44. The van der Waals surface area contributed by atoms with Crippen LogP contribution in [0.4, 0.5) is 0 Å². The van der Waals surface area contributed by atoms with E-state index in [1.54, 1.807) is 0 Å². The SMILES string of the molecule is CCCCCCCCCC/C=C\CCCCCCCCCCCC(=O)OC(COCCCCCCCCCCCCCCCCC)COC1OC(CO)C(O)C(O)C1O. The van der Waals surface area contributed by atoms with E-state index in [-0.39, 0.29) is 19.2 Å². The third kappa shape index (κ3) is 33.2. The van der Waals surface area contributed by atoms with Crippen LogP contribution in [-0.2, 0) is 23.7 Å². The van der Waals surface area contributed by atoms with Gasteiger partial charge in [-0.1, -0.05) is 206 Å². The molecular formula is C50H96O9. The summed E-state index contributed by atoms with van der Waals surface area (Å²) in [6.45, 7) is 4.61. The number of rotatable bonds is 44. The first kappa shape index (κ1) is 55.9. The number of aliphatic hydroxyl groups excluding tert-OH is 4. The summed E-state index contributed by atoms with van der Waals surface area (Å²) >= 11 is 0. The molecule has 350 valence electrons. The van der Waals surface area contributed by atoms with Crippen LogP contribution in [0.1, 0.15) is 239 Å². The topological polar surface area (TPSA) is 135 Å². The zero-order valence-electron chi connectivity index (χ0n) is 38.5. The summed E-state index contributed by atoms with van der Waals surface area (Å²) in [7, 11) is 0. The van der Waals surface area contributed by atoms with Crippen molar-refractivity contribution in [3.05, 3.63) is 12.2 Å². The maximum atomic E-state index is 12.8. The average molecular weight is 841 g/mol. The molecule has 1 saturated heterocycles. The monoisotopic (exact) mass is 841 g/mol. The molecule has 1 rings (SSSR count). The molecule has 0 spiro atoms. The summed E-state index contributed by atoms with van der Waals surface area (Å²) < 4.78 is 22.9. The van der Waals surface area contributed by atoms with E-state index >= 15 is 0 Å².